The Morgan fingerprint density at radius 2 is 2.26 bits per heavy atom. The average Bonchev–Trinajstić information content (AvgIpc) is 3.28. The first-order valence-corrected chi connectivity index (χ1v) is 7.91. The third-order valence-electron chi connectivity index (χ3n) is 4.16. The highest BCUT2D eigenvalue weighted by Crippen LogP contribution is 2.41. The molecule has 2 unspecified atom stereocenters. The van der Waals surface area contributed by atoms with Crippen molar-refractivity contribution in [3.63, 3.8) is 0 Å². The molecule has 1 aliphatic rings. The zero-order valence-electron chi connectivity index (χ0n) is 13.0. The van der Waals surface area contributed by atoms with Crippen LogP contribution in [0.25, 0.3) is 10.8 Å². The van der Waals surface area contributed by atoms with E-state index in [0.717, 1.165) is 23.6 Å². The third-order valence-corrected chi connectivity index (χ3v) is 4.16. The maximum atomic E-state index is 6.31. The van der Waals surface area contributed by atoms with Crippen LogP contribution in [0, 0.1) is 0 Å². The van der Waals surface area contributed by atoms with Crippen molar-refractivity contribution in [1.82, 2.24) is 14.8 Å². The second kappa shape index (κ2) is 5.79. The maximum absolute atomic E-state index is 6.31. The van der Waals surface area contributed by atoms with E-state index in [1.54, 1.807) is 17.3 Å². The molecule has 0 N–H and O–H groups in total. The molecule has 1 saturated heterocycles. The Balaban J connectivity index is 1.76. The van der Waals surface area contributed by atoms with Gasteiger partial charge in [0.05, 0.1) is 19.0 Å². The van der Waals surface area contributed by atoms with Gasteiger partial charge in [0.2, 0.25) is 5.79 Å². The van der Waals surface area contributed by atoms with E-state index >= 15 is 0 Å². The van der Waals surface area contributed by atoms with E-state index < -0.39 is 5.79 Å². The Hall–Kier alpha value is -2.18. The number of hydrogen-bond donors (Lipinski definition) is 0. The second-order valence-electron chi connectivity index (χ2n) is 5.84. The van der Waals surface area contributed by atoms with Gasteiger partial charge in [-0.3, -0.25) is 0 Å². The van der Waals surface area contributed by atoms with Gasteiger partial charge in [-0.2, -0.15) is 5.10 Å². The van der Waals surface area contributed by atoms with Gasteiger partial charge in [-0.1, -0.05) is 37.6 Å². The Labute approximate surface area is 134 Å². The summed E-state index contributed by atoms with van der Waals surface area (Å²) in [5.41, 5.74) is 0. The van der Waals surface area contributed by atoms with Crippen LogP contribution >= 0.6 is 0 Å². The first-order valence-electron chi connectivity index (χ1n) is 7.91. The number of hydrogen-bond acceptors (Lipinski definition) is 5. The summed E-state index contributed by atoms with van der Waals surface area (Å²) in [4.78, 5) is 4.00. The molecule has 0 radical (unpaired) electrons. The van der Waals surface area contributed by atoms with Crippen molar-refractivity contribution in [1.29, 1.82) is 0 Å². The van der Waals surface area contributed by atoms with Gasteiger partial charge >= 0.3 is 0 Å². The van der Waals surface area contributed by atoms with Crippen LogP contribution < -0.4 is 0 Å². The molecule has 23 heavy (non-hydrogen) atoms. The molecule has 6 heteroatoms. The first-order chi connectivity index (χ1) is 11.3. The molecule has 0 saturated carbocycles. The Morgan fingerprint density at radius 1 is 1.35 bits per heavy atom. The molecule has 3 heterocycles. The Bertz CT molecular complexity index is 783. The van der Waals surface area contributed by atoms with Crippen molar-refractivity contribution < 1.29 is 13.9 Å². The number of ether oxygens (including phenoxy) is 2. The predicted molar refractivity (Wildman–Crippen MR) is 83.6 cm³/mol. The highest BCUT2D eigenvalue weighted by Gasteiger charge is 2.47. The molecule has 3 aromatic rings. The highest BCUT2D eigenvalue weighted by atomic mass is 16.8. The van der Waals surface area contributed by atoms with Gasteiger partial charge in [-0.15, -0.1) is 0 Å². The fraction of sp³-hybridized carbons (Fsp3) is 0.412. The quantitative estimate of drug-likeness (QED) is 0.724. The number of nitrogens with zero attached hydrogens (tertiary/aromatic N) is 3. The van der Waals surface area contributed by atoms with Crippen molar-refractivity contribution >= 4 is 10.8 Å². The molecule has 0 spiro atoms. The summed E-state index contributed by atoms with van der Waals surface area (Å²) in [6.07, 6.45) is 6.98. The molecule has 1 fully saturated rings. The van der Waals surface area contributed by atoms with E-state index in [0.29, 0.717) is 18.9 Å². The van der Waals surface area contributed by atoms with Crippen molar-refractivity contribution in [2.24, 2.45) is 0 Å². The fourth-order valence-electron chi connectivity index (χ4n) is 3.12. The number of furan rings is 1. The van der Waals surface area contributed by atoms with E-state index in [1.165, 1.54) is 6.33 Å². The normalized spacial score (nSPS) is 24.5. The van der Waals surface area contributed by atoms with Crippen LogP contribution in [0.15, 0.2) is 47.6 Å². The van der Waals surface area contributed by atoms with Gasteiger partial charge in [-0.05, 0) is 6.42 Å². The smallest absolute Gasteiger partial charge is 0.249 e. The molecule has 120 valence electrons. The number of rotatable bonds is 5. The largest absolute Gasteiger partial charge is 0.462 e. The molecule has 6 nitrogen and oxygen atoms in total. The SMILES string of the molecule is CCCC1COC(Cn2cncn2)(c2occ3ccccc23)O1. The van der Waals surface area contributed by atoms with Crippen molar-refractivity contribution in [2.75, 3.05) is 6.61 Å². The summed E-state index contributed by atoms with van der Waals surface area (Å²) in [7, 11) is 0. The monoisotopic (exact) mass is 313 g/mol. The molecule has 1 aliphatic heterocycles. The summed E-state index contributed by atoms with van der Waals surface area (Å²) in [6, 6.07) is 8.02. The van der Waals surface area contributed by atoms with Crippen LogP contribution in [-0.2, 0) is 21.8 Å². The fourth-order valence-corrected chi connectivity index (χ4v) is 3.12. The average molecular weight is 313 g/mol. The molecule has 0 bridgehead atoms. The van der Waals surface area contributed by atoms with Crippen LogP contribution in [0.3, 0.4) is 0 Å². The lowest BCUT2D eigenvalue weighted by Crippen LogP contribution is -2.33. The zero-order valence-corrected chi connectivity index (χ0v) is 13.0. The topological polar surface area (TPSA) is 62.3 Å². The van der Waals surface area contributed by atoms with E-state index in [4.69, 9.17) is 13.9 Å². The van der Waals surface area contributed by atoms with Crippen LogP contribution in [-0.4, -0.2) is 27.5 Å². The van der Waals surface area contributed by atoms with Gasteiger partial charge in [0, 0.05) is 10.8 Å². The van der Waals surface area contributed by atoms with E-state index in [1.807, 2.05) is 24.3 Å². The minimum absolute atomic E-state index is 0.0624. The summed E-state index contributed by atoms with van der Waals surface area (Å²) >= 11 is 0. The van der Waals surface area contributed by atoms with Gasteiger partial charge in [0.15, 0.2) is 5.76 Å². The molecule has 2 atom stereocenters. The Kier molecular flexibility index (Phi) is 3.63. The van der Waals surface area contributed by atoms with E-state index in [2.05, 4.69) is 17.0 Å². The molecular formula is C17H19N3O3. The molecule has 0 aliphatic carbocycles. The maximum Gasteiger partial charge on any atom is 0.249 e. The van der Waals surface area contributed by atoms with Crippen LogP contribution in [0.4, 0.5) is 0 Å². The number of fused-ring (bicyclic) bond motifs is 1. The molecule has 2 aromatic heterocycles. The van der Waals surface area contributed by atoms with Gasteiger partial charge < -0.3 is 13.9 Å². The summed E-state index contributed by atoms with van der Waals surface area (Å²) in [5, 5.41) is 6.23. The van der Waals surface area contributed by atoms with E-state index in [9.17, 15) is 0 Å². The van der Waals surface area contributed by atoms with Crippen LogP contribution in [0.1, 0.15) is 25.5 Å². The van der Waals surface area contributed by atoms with Crippen molar-refractivity contribution in [3.05, 3.63) is 48.9 Å². The summed E-state index contributed by atoms with van der Waals surface area (Å²) in [6.45, 7) is 3.10. The number of aromatic nitrogens is 3. The van der Waals surface area contributed by atoms with Gasteiger partial charge in [0.1, 0.15) is 19.2 Å². The van der Waals surface area contributed by atoms with Crippen molar-refractivity contribution in [3.8, 4) is 0 Å². The number of benzene rings is 1. The summed E-state index contributed by atoms with van der Waals surface area (Å²) in [5.74, 6) is -0.265. The van der Waals surface area contributed by atoms with Gasteiger partial charge in [0.25, 0.3) is 0 Å². The third kappa shape index (κ3) is 2.54. The standard InChI is InChI=1S/C17H19N3O3/c1-2-5-14-9-22-17(23-14,10-20-12-18-11-19-20)16-15-7-4-3-6-13(15)8-21-16/h3-4,6-8,11-12,14H,2,5,9-10H2,1H3. The second-order valence-corrected chi connectivity index (χ2v) is 5.84. The van der Waals surface area contributed by atoms with E-state index in [-0.39, 0.29) is 6.10 Å². The highest BCUT2D eigenvalue weighted by molar-refractivity contribution is 5.84. The lowest BCUT2D eigenvalue weighted by atomic mass is 10.1. The molecular weight excluding hydrogens is 294 g/mol. The van der Waals surface area contributed by atoms with Crippen LogP contribution in [0.2, 0.25) is 0 Å². The predicted octanol–water partition coefficient (Wildman–Crippen LogP) is 3.09. The zero-order chi connectivity index (χ0) is 15.7. The first kappa shape index (κ1) is 14.4. The minimum atomic E-state index is -0.962. The minimum Gasteiger partial charge on any atom is -0.462 e. The lowest BCUT2D eigenvalue weighted by Gasteiger charge is -2.26. The molecule has 1 aromatic carbocycles. The Morgan fingerprint density at radius 3 is 3.09 bits per heavy atom. The van der Waals surface area contributed by atoms with Crippen molar-refractivity contribution in [2.45, 2.75) is 38.2 Å². The summed E-state index contributed by atoms with van der Waals surface area (Å²) < 4.78 is 20.0. The molecule has 4 rings (SSSR count). The van der Waals surface area contributed by atoms with Crippen LogP contribution in [0.5, 0.6) is 0 Å². The lowest BCUT2D eigenvalue weighted by molar-refractivity contribution is -0.199. The van der Waals surface area contributed by atoms with Gasteiger partial charge in [-0.25, -0.2) is 9.67 Å². The molecule has 0 amide bonds.